The third kappa shape index (κ3) is 3.35. The first-order valence-electron chi connectivity index (χ1n) is 6.28. The van der Waals surface area contributed by atoms with E-state index in [0.29, 0.717) is 6.61 Å². The molecule has 0 aliphatic carbocycles. The molecule has 1 aromatic rings. The van der Waals surface area contributed by atoms with Crippen molar-refractivity contribution in [2.75, 3.05) is 13.7 Å². The number of esters is 1. The number of rotatable bonds is 3. The number of hydrogen-bond donors (Lipinski definition) is 0. The topological polar surface area (TPSA) is 52.6 Å². The van der Waals surface area contributed by atoms with Crippen LogP contribution in [-0.2, 0) is 19.1 Å². The number of hydrogen-bond acceptors (Lipinski definition) is 4. The van der Waals surface area contributed by atoms with E-state index in [0.717, 1.165) is 10.0 Å². The summed E-state index contributed by atoms with van der Waals surface area (Å²) in [5.41, 5.74) is 0.956. The van der Waals surface area contributed by atoms with E-state index in [1.165, 1.54) is 7.11 Å². The molecular weight excluding hydrogens is 324 g/mol. The minimum atomic E-state index is -0.868. The molecule has 0 aromatic heterocycles. The summed E-state index contributed by atoms with van der Waals surface area (Å²) in [4.78, 5) is 23.6. The van der Waals surface area contributed by atoms with Gasteiger partial charge in [0.25, 0.3) is 0 Å². The minimum Gasteiger partial charge on any atom is -0.468 e. The van der Waals surface area contributed by atoms with E-state index in [9.17, 15) is 9.59 Å². The van der Waals surface area contributed by atoms with Crippen LogP contribution in [0.1, 0.15) is 12.0 Å². The fraction of sp³-hybridized carbons (Fsp3) is 0.333. The normalized spacial score (nSPS) is 23.0. The van der Waals surface area contributed by atoms with E-state index in [-0.39, 0.29) is 12.2 Å². The molecule has 1 heterocycles. The van der Waals surface area contributed by atoms with Gasteiger partial charge in [0, 0.05) is 10.9 Å². The van der Waals surface area contributed by atoms with Crippen LogP contribution in [0.4, 0.5) is 0 Å². The zero-order valence-corrected chi connectivity index (χ0v) is 12.6. The maximum Gasteiger partial charge on any atom is 0.319 e. The average Bonchev–Trinajstić information content (AvgIpc) is 2.46. The van der Waals surface area contributed by atoms with Gasteiger partial charge in [-0.05, 0) is 11.6 Å². The van der Waals surface area contributed by atoms with Gasteiger partial charge in [-0.25, -0.2) is 0 Å². The Morgan fingerprint density at radius 2 is 2.20 bits per heavy atom. The lowest BCUT2D eigenvalue weighted by Gasteiger charge is -2.26. The molecule has 5 heteroatoms. The van der Waals surface area contributed by atoms with Gasteiger partial charge in [-0.2, -0.15) is 0 Å². The predicted molar refractivity (Wildman–Crippen MR) is 78.0 cm³/mol. The van der Waals surface area contributed by atoms with Gasteiger partial charge >= 0.3 is 5.97 Å². The number of ether oxygens (including phenoxy) is 2. The van der Waals surface area contributed by atoms with Gasteiger partial charge < -0.3 is 9.47 Å². The lowest BCUT2D eigenvalue weighted by atomic mass is 9.92. The highest BCUT2D eigenvalue weighted by atomic mass is 79.9. The molecule has 0 spiro atoms. The maximum atomic E-state index is 11.9. The maximum absolute atomic E-state index is 11.9. The van der Waals surface area contributed by atoms with E-state index in [4.69, 9.17) is 4.74 Å². The number of carbonyl (C=O) groups excluding carboxylic acids is 2. The van der Waals surface area contributed by atoms with Crippen LogP contribution in [0.2, 0.25) is 0 Å². The Kier molecular flexibility index (Phi) is 5.09. The Balaban J connectivity index is 2.19. The van der Waals surface area contributed by atoms with Crippen LogP contribution < -0.4 is 0 Å². The second-order valence-corrected chi connectivity index (χ2v) is 5.29. The SMILES string of the molecule is COC(=O)[C@H]1C(=O)CCO[C@@H]1/C=C/c1ccccc1Br. The number of ketones is 1. The molecule has 1 aliphatic rings. The predicted octanol–water partition coefficient (Wildman–Crippen LogP) is 2.61. The molecule has 2 atom stereocenters. The van der Waals surface area contributed by atoms with Gasteiger partial charge in [0.2, 0.25) is 0 Å². The molecule has 0 N–H and O–H groups in total. The second kappa shape index (κ2) is 6.81. The van der Waals surface area contributed by atoms with E-state index < -0.39 is 18.0 Å². The quantitative estimate of drug-likeness (QED) is 0.628. The smallest absolute Gasteiger partial charge is 0.319 e. The molecule has 1 aliphatic heterocycles. The van der Waals surface area contributed by atoms with Crippen LogP contribution in [0.5, 0.6) is 0 Å². The first kappa shape index (κ1) is 14.9. The highest BCUT2D eigenvalue weighted by molar-refractivity contribution is 9.10. The van der Waals surface area contributed by atoms with E-state index >= 15 is 0 Å². The molecular formula is C15H15BrO4. The van der Waals surface area contributed by atoms with Crippen LogP contribution >= 0.6 is 15.9 Å². The fourth-order valence-electron chi connectivity index (χ4n) is 2.10. The molecule has 1 saturated heterocycles. The summed E-state index contributed by atoms with van der Waals surface area (Å²) in [6.07, 6.45) is 3.25. The Labute approximate surface area is 125 Å². The van der Waals surface area contributed by atoms with Crippen molar-refractivity contribution in [3.63, 3.8) is 0 Å². The van der Waals surface area contributed by atoms with Crippen molar-refractivity contribution in [2.24, 2.45) is 5.92 Å². The average molecular weight is 339 g/mol. The fourth-order valence-corrected chi connectivity index (χ4v) is 2.52. The third-order valence-electron chi connectivity index (χ3n) is 3.16. The van der Waals surface area contributed by atoms with E-state index in [1.54, 1.807) is 6.08 Å². The van der Waals surface area contributed by atoms with Crippen LogP contribution in [0.25, 0.3) is 6.08 Å². The summed E-state index contributed by atoms with van der Waals surface area (Å²) in [7, 11) is 1.28. The highest BCUT2D eigenvalue weighted by Crippen LogP contribution is 2.23. The molecule has 0 bridgehead atoms. The van der Waals surface area contributed by atoms with Gasteiger partial charge in [0.1, 0.15) is 5.92 Å². The number of benzene rings is 1. The van der Waals surface area contributed by atoms with Gasteiger partial charge in [0.15, 0.2) is 5.78 Å². The first-order valence-corrected chi connectivity index (χ1v) is 7.07. The molecule has 0 saturated carbocycles. The first-order chi connectivity index (χ1) is 9.63. The number of methoxy groups -OCH3 is 1. The van der Waals surface area contributed by atoms with Crippen molar-refractivity contribution >= 4 is 33.8 Å². The highest BCUT2D eigenvalue weighted by Gasteiger charge is 2.37. The molecule has 2 rings (SSSR count). The summed E-state index contributed by atoms with van der Waals surface area (Å²) in [5.74, 6) is -1.55. The number of Topliss-reactive ketones (excluding diaryl/α,β-unsaturated/α-hetero) is 1. The Hall–Kier alpha value is -1.46. The summed E-state index contributed by atoms with van der Waals surface area (Å²) in [6, 6.07) is 7.68. The largest absolute Gasteiger partial charge is 0.468 e. The van der Waals surface area contributed by atoms with Gasteiger partial charge in [-0.1, -0.05) is 46.3 Å². The lowest BCUT2D eigenvalue weighted by Crippen LogP contribution is -2.41. The zero-order chi connectivity index (χ0) is 14.5. The van der Waals surface area contributed by atoms with Crippen molar-refractivity contribution in [3.05, 3.63) is 40.4 Å². The zero-order valence-electron chi connectivity index (χ0n) is 11.0. The minimum absolute atomic E-state index is 0.134. The summed E-state index contributed by atoms with van der Waals surface area (Å²) in [5, 5.41) is 0. The van der Waals surface area contributed by atoms with Crippen LogP contribution in [-0.4, -0.2) is 31.6 Å². The molecule has 106 valence electrons. The third-order valence-corrected chi connectivity index (χ3v) is 3.88. The summed E-state index contributed by atoms with van der Waals surface area (Å²) < 4.78 is 11.1. The summed E-state index contributed by atoms with van der Waals surface area (Å²) in [6.45, 7) is 0.331. The van der Waals surface area contributed by atoms with E-state index in [2.05, 4.69) is 20.7 Å². The van der Waals surface area contributed by atoms with Gasteiger partial charge in [-0.15, -0.1) is 0 Å². The summed E-state index contributed by atoms with van der Waals surface area (Å²) >= 11 is 3.44. The standard InChI is InChI=1S/C15H15BrO4/c1-19-15(18)14-12(17)8-9-20-13(14)7-6-10-4-2-3-5-11(10)16/h2-7,13-14H,8-9H2,1H3/b7-6+/t13-,14+/m1/s1. The molecule has 0 unspecified atom stereocenters. The van der Waals surface area contributed by atoms with Crippen molar-refractivity contribution < 1.29 is 19.1 Å². The van der Waals surface area contributed by atoms with Gasteiger partial charge in [-0.3, -0.25) is 9.59 Å². The second-order valence-electron chi connectivity index (χ2n) is 4.43. The van der Waals surface area contributed by atoms with Crippen molar-refractivity contribution in [2.45, 2.75) is 12.5 Å². The lowest BCUT2D eigenvalue weighted by molar-refractivity contribution is -0.158. The van der Waals surface area contributed by atoms with Crippen LogP contribution in [0.3, 0.4) is 0 Å². The molecule has 20 heavy (non-hydrogen) atoms. The molecule has 0 radical (unpaired) electrons. The van der Waals surface area contributed by atoms with Crippen LogP contribution in [0.15, 0.2) is 34.8 Å². The number of halogens is 1. The Bertz CT molecular complexity index is 530. The van der Waals surface area contributed by atoms with Gasteiger partial charge in [0.05, 0.1) is 19.8 Å². The van der Waals surface area contributed by atoms with Crippen molar-refractivity contribution in [3.8, 4) is 0 Å². The van der Waals surface area contributed by atoms with Crippen LogP contribution in [0, 0.1) is 5.92 Å². The molecule has 1 fully saturated rings. The Morgan fingerprint density at radius 3 is 2.90 bits per heavy atom. The molecule has 4 nitrogen and oxygen atoms in total. The van der Waals surface area contributed by atoms with Crippen molar-refractivity contribution in [1.82, 2.24) is 0 Å². The molecule has 0 amide bonds. The Morgan fingerprint density at radius 1 is 1.45 bits per heavy atom. The monoisotopic (exact) mass is 338 g/mol. The van der Waals surface area contributed by atoms with Crippen molar-refractivity contribution in [1.29, 1.82) is 0 Å². The van der Waals surface area contributed by atoms with E-state index in [1.807, 2.05) is 30.3 Å². The number of carbonyl (C=O) groups is 2. The molecule has 1 aromatic carbocycles.